The van der Waals surface area contributed by atoms with Crippen LogP contribution >= 0.6 is 15.6 Å². The van der Waals surface area contributed by atoms with Gasteiger partial charge in [-0.15, -0.1) is 0 Å². The number of aliphatic hydroxyl groups excluding tert-OH is 1. The van der Waals surface area contributed by atoms with Gasteiger partial charge in [-0.25, -0.2) is 9.13 Å². The minimum Gasteiger partial charge on any atom is -0.462 e. The Morgan fingerprint density at radius 1 is 0.287 bits per heavy atom. The number of phosphoric acid groups is 2. The van der Waals surface area contributed by atoms with Gasteiger partial charge < -0.3 is 33.8 Å². The molecular weight excluding hydrogens is 1320 g/mol. The molecule has 0 radical (unpaired) electrons. The summed E-state index contributed by atoms with van der Waals surface area (Å²) in [6.45, 7) is 9.71. The molecule has 0 spiro atoms. The molecule has 0 saturated carbocycles. The Morgan fingerprint density at radius 2 is 0.505 bits per heavy atom. The molecule has 0 aromatic heterocycles. The van der Waals surface area contributed by atoms with Crippen LogP contribution in [-0.2, 0) is 65.4 Å². The monoisotopic (exact) mass is 1480 g/mol. The summed E-state index contributed by atoms with van der Waals surface area (Å²) < 4.78 is 68.7. The molecule has 3 N–H and O–H groups in total. The number of hydrogen-bond donors (Lipinski definition) is 3. The third-order valence-electron chi connectivity index (χ3n) is 19.6. The Bertz CT molecular complexity index is 1940. The Labute approximate surface area is 619 Å². The molecule has 0 heterocycles. The van der Waals surface area contributed by atoms with Crippen molar-refractivity contribution in [1.82, 2.24) is 0 Å². The second-order valence-electron chi connectivity index (χ2n) is 30.2. The molecule has 0 bridgehead atoms. The Balaban J connectivity index is 5.19. The number of carbonyl (C=O) groups is 4. The standard InChI is InChI=1S/C82H160O17P2/c1-7-10-12-14-16-18-19-20-31-37-42-48-54-60-66-81(86)98-77(70-92-79(84)64-58-52-46-17-15-13-11-8-2)72-96-100(88,89)94-68-76(83)69-95-101(90,91)97-73-78(71-93-80(85)65-59-53-47-41-36-32-28-27-29-34-39-44-50-56-62-74(4)5)99-82(87)67-61-55-49-43-38-33-26-24-22-21-23-25-30-35-40-45-51-57-63-75(6)9-3/h74-78,83H,7-73H2,1-6H3,(H,88,89)(H,90,91)/t75?,76-,77+,78+/m0/s1. The fourth-order valence-corrected chi connectivity index (χ4v) is 14.3. The molecule has 0 aromatic carbocycles. The lowest BCUT2D eigenvalue weighted by molar-refractivity contribution is -0.161. The fourth-order valence-electron chi connectivity index (χ4n) is 12.7. The summed E-state index contributed by atoms with van der Waals surface area (Å²) in [6, 6.07) is 0. The maximum atomic E-state index is 13.1. The topological polar surface area (TPSA) is 237 Å². The first-order chi connectivity index (χ1) is 48.9. The summed E-state index contributed by atoms with van der Waals surface area (Å²) in [5.41, 5.74) is 0. The van der Waals surface area contributed by atoms with Crippen molar-refractivity contribution in [1.29, 1.82) is 0 Å². The van der Waals surface area contributed by atoms with Gasteiger partial charge in [0, 0.05) is 25.7 Å². The molecule has 0 rings (SSSR count). The van der Waals surface area contributed by atoms with Gasteiger partial charge in [0.15, 0.2) is 12.2 Å². The Kier molecular flexibility index (Phi) is 72.2. The number of esters is 4. The number of phosphoric ester groups is 2. The van der Waals surface area contributed by atoms with Crippen molar-refractivity contribution in [3.63, 3.8) is 0 Å². The van der Waals surface area contributed by atoms with Crippen LogP contribution in [0, 0.1) is 11.8 Å². The Hall–Kier alpha value is -1.94. The maximum absolute atomic E-state index is 13.1. The predicted molar refractivity (Wildman–Crippen MR) is 414 cm³/mol. The average molecular weight is 1480 g/mol. The highest BCUT2D eigenvalue weighted by Gasteiger charge is 2.30. The minimum atomic E-state index is -4.96. The van der Waals surface area contributed by atoms with Crippen molar-refractivity contribution in [2.75, 3.05) is 39.6 Å². The van der Waals surface area contributed by atoms with E-state index in [9.17, 15) is 43.2 Å². The van der Waals surface area contributed by atoms with Crippen molar-refractivity contribution < 1.29 is 80.2 Å². The van der Waals surface area contributed by atoms with Crippen LogP contribution in [0.2, 0.25) is 0 Å². The summed E-state index contributed by atoms with van der Waals surface area (Å²) in [4.78, 5) is 72.9. The van der Waals surface area contributed by atoms with Crippen molar-refractivity contribution in [2.24, 2.45) is 11.8 Å². The van der Waals surface area contributed by atoms with Gasteiger partial charge in [0.2, 0.25) is 0 Å². The molecule has 6 atom stereocenters. The van der Waals surface area contributed by atoms with Crippen LogP contribution in [0.1, 0.15) is 433 Å². The SMILES string of the molecule is CCCCCCCCCCCCCCCCC(=O)O[C@H](COC(=O)CCCCCCCCCC)COP(=O)(O)OC[C@H](O)COP(=O)(O)OC[C@@H](COC(=O)CCCCCCCCCCCCCCCCC(C)C)OC(=O)CCCCCCCCCCCCCCCCCCCCC(C)CC. The molecular formula is C82H160O17P2. The van der Waals surface area contributed by atoms with Gasteiger partial charge in [0.1, 0.15) is 19.3 Å². The number of unbranched alkanes of at least 4 members (excludes halogenated alkanes) is 50. The smallest absolute Gasteiger partial charge is 0.462 e. The van der Waals surface area contributed by atoms with E-state index in [0.29, 0.717) is 25.7 Å². The fraction of sp³-hybridized carbons (Fsp3) is 0.951. The van der Waals surface area contributed by atoms with E-state index < -0.39 is 97.5 Å². The highest BCUT2D eigenvalue weighted by molar-refractivity contribution is 7.47. The molecule has 0 fully saturated rings. The lowest BCUT2D eigenvalue weighted by Crippen LogP contribution is -2.30. The first-order valence-corrected chi connectivity index (χ1v) is 45.5. The second-order valence-corrected chi connectivity index (χ2v) is 33.1. The van der Waals surface area contributed by atoms with Gasteiger partial charge in [-0.2, -0.15) is 0 Å². The molecule has 17 nitrogen and oxygen atoms in total. The second kappa shape index (κ2) is 73.6. The number of carbonyl (C=O) groups excluding carboxylic acids is 4. The maximum Gasteiger partial charge on any atom is 0.472 e. The number of hydrogen-bond acceptors (Lipinski definition) is 15. The van der Waals surface area contributed by atoms with Crippen molar-refractivity contribution >= 4 is 39.5 Å². The third kappa shape index (κ3) is 74.7. The molecule has 19 heteroatoms. The minimum absolute atomic E-state index is 0.108. The van der Waals surface area contributed by atoms with Gasteiger partial charge in [-0.05, 0) is 37.5 Å². The number of ether oxygens (including phenoxy) is 4. The van der Waals surface area contributed by atoms with E-state index in [-0.39, 0.29) is 25.7 Å². The van der Waals surface area contributed by atoms with Crippen LogP contribution < -0.4 is 0 Å². The van der Waals surface area contributed by atoms with Gasteiger partial charge in [-0.3, -0.25) is 37.3 Å². The summed E-state index contributed by atoms with van der Waals surface area (Å²) in [5.74, 6) is -0.439. The van der Waals surface area contributed by atoms with Crippen LogP contribution in [0.5, 0.6) is 0 Å². The number of aliphatic hydroxyl groups is 1. The third-order valence-corrected chi connectivity index (χ3v) is 21.5. The molecule has 3 unspecified atom stereocenters. The quantitative estimate of drug-likeness (QED) is 0.0222. The molecule has 0 aliphatic carbocycles. The van der Waals surface area contributed by atoms with E-state index in [4.69, 9.17) is 37.0 Å². The zero-order chi connectivity index (χ0) is 74.2. The highest BCUT2D eigenvalue weighted by Crippen LogP contribution is 2.45. The molecule has 0 aromatic rings. The van der Waals surface area contributed by atoms with E-state index in [1.54, 1.807) is 0 Å². The lowest BCUT2D eigenvalue weighted by Gasteiger charge is -2.21. The van der Waals surface area contributed by atoms with Gasteiger partial charge in [0.05, 0.1) is 26.4 Å². The van der Waals surface area contributed by atoms with E-state index in [2.05, 4.69) is 41.5 Å². The van der Waals surface area contributed by atoms with Gasteiger partial charge >= 0.3 is 39.5 Å². The molecule has 0 aliphatic rings. The lowest BCUT2D eigenvalue weighted by atomic mass is 9.99. The summed E-state index contributed by atoms with van der Waals surface area (Å²) >= 11 is 0. The normalized spacial score (nSPS) is 14.2. The van der Waals surface area contributed by atoms with Crippen LogP contribution in [-0.4, -0.2) is 96.7 Å². The summed E-state index contributed by atoms with van der Waals surface area (Å²) in [6.07, 6.45) is 63.8. The largest absolute Gasteiger partial charge is 0.472 e. The molecule has 0 amide bonds. The zero-order valence-electron chi connectivity index (χ0n) is 66.2. The molecule has 0 saturated heterocycles. The first kappa shape index (κ1) is 99.1. The molecule has 101 heavy (non-hydrogen) atoms. The van der Waals surface area contributed by atoms with E-state index >= 15 is 0 Å². The van der Waals surface area contributed by atoms with Crippen LogP contribution in [0.3, 0.4) is 0 Å². The number of rotatable bonds is 81. The van der Waals surface area contributed by atoms with Crippen LogP contribution in [0.4, 0.5) is 0 Å². The van der Waals surface area contributed by atoms with Crippen molar-refractivity contribution in [2.45, 2.75) is 452 Å². The summed E-state index contributed by atoms with van der Waals surface area (Å²) in [7, 11) is -9.92. The highest BCUT2D eigenvalue weighted by atomic mass is 31.2. The van der Waals surface area contributed by atoms with Crippen LogP contribution in [0.15, 0.2) is 0 Å². The van der Waals surface area contributed by atoms with Crippen molar-refractivity contribution in [3.8, 4) is 0 Å². The Morgan fingerprint density at radius 3 is 0.752 bits per heavy atom. The average Bonchev–Trinajstić information content (AvgIpc) is 0.953. The zero-order valence-corrected chi connectivity index (χ0v) is 68.0. The summed E-state index contributed by atoms with van der Waals surface area (Å²) in [5, 5.41) is 10.6. The van der Waals surface area contributed by atoms with Crippen molar-refractivity contribution in [3.05, 3.63) is 0 Å². The van der Waals surface area contributed by atoms with Gasteiger partial charge in [0.25, 0.3) is 0 Å². The van der Waals surface area contributed by atoms with E-state index in [1.807, 2.05) is 0 Å². The molecule has 600 valence electrons. The first-order valence-electron chi connectivity index (χ1n) is 42.5. The van der Waals surface area contributed by atoms with E-state index in [1.165, 1.54) is 244 Å². The van der Waals surface area contributed by atoms with Gasteiger partial charge in [-0.1, -0.05) is 382 Å². The van der Waals surface area contributed by atoms with Crippen LogP contribution in [0.25, 0.3) is 0 Å². The predicted octanol–water partition coefficient (Wildman–Crippen LogP) is 24.7. The van der Waals surface area contributed by atoms with E-state index in [0.717, 1.165) is 108 Å². The molecule has 0 aliphatic heterocycles.